The molecule has 28 heavy (non-hydrogen) atoms. The van der Waals surface area contributed by atoms with Crippen LogP contribution >= 0.6 is 0 Å². The fourth-order valence-corrected chi connectivity index (χ4v) is 2.55. The van der Waals surface area contributed by atoms with Gasteiger partial charge in [-0.1, -0.05) is 32.0 Å². The molecule has 5 nitrogen and oxygen atoms in total. The number of amides is 1. The Balaban J connectivity index is 2.00. The van der Waals surface area contributed by atoms with Gasteiger partial charge in [-0.05, 0) is 55.2 Å². The monoisotopic (exact) mass is 391 g/mol. The average molecular weight is 391 g/mol. The summed E-state index contributed by atoms with van der Waals surface area (Å²) in [4.78, 5) is 24.6. The first-order valence-corrected chi connectivity index (χ1v) is 8.97. The molecule has 0 unspecified atom stereocenters. The third kappa shape index (κ3) is 5.77. The number of rotatable bonds is 8. The van der Waals surface area contributed by atoms with Gasteiger partial charge in [-0.2, -0.15) is 8.78 Å². The summed E-state index contributed by atoms with van der Waals surface area (Å²) in [7, 11) is 0. The van der Waals surface area contributed by atoms with E-state index in [9.17, 15) is 18.4 Å². The first-order valence-electron chi connectivity index (χ1n) is 8.97. The Morgan fingerprint density at radius 1 is 1.04 bits per heavy atom. The number of ether oxygens (including phenoxy) is 2. The summed E-state index contributed by atoms with van der Waals surface area (Å²) in [6.45, 7) is 2.65. The second kappa shape index (κ2) is 9.82. The molecule has 0 saturated carbocycles. The van der Waals surface area contributed by atoms with Crippen LogP contribution in [0, 0.1) is 0 Å². The lowest BCUT2D eigenvalue weighted by Crippen LogP contribution is -2.30. The Hall–Kier alpha value is -2.96. The van der Waals surface area contributed by atoms with Crippen molar-refractivity contribution in [2.24, 2.45) is 0 Å². The van der Waals surface area contributed by atoms with Crippen molar-refractivity contribution >= 4 is 17.6 Å². The molecule has 0 spiro atoms. The van der Waals surface area contributed by atoms with Crippen LogP contribution < -0.4 is 10.1 Å². The minimum atomic E-state index is -2.94. The molecule has 2 aromatic carbocycles. The smallest absolute Gasteiger partial charge is 0.387 e. The zero-order valence-electron chi connectivity index (χ0n) is 15.9. The molecular weight excluding hydrogens is 368 g/mol. The van der Waals surface area contributed by atoms with Crippen LogP contribution in [-0.2, 0) is 9.53 Å². The highest BCUT2D eigenvalue weighted by atomic mass is 19.3. The van der Waals surface area contributed by atoms with Crippen LogP contribution in [0.5, 0.6) is 5.75 Å². The van der Waals surface area contributed by atoms with Gasteiger partial charge in [-0.15, -0.1) is 0 Å². The zero-order chi connectivity index (χ0) is 20.7. The second-order valence-electron chi connectivity index (χ2n) is 6.34. The number of nitrogens with one attached hydrogen (secondary N) is 1. The first-order chi connectivity index (χ1) is 13.3. The van der Waals surface area contributed by atoms with Crippen LogP contribution in [0.25, 0.3) is 0 Å². The molecule has 2 atom stereocenters. The summed E-state index contributed by atoms with van der Waals surface area (Å²) >= 11 is 0. The fraction of sp³-hybridized carbons (Fsp3) is 0.333. The van der Waals surface area contributed by atoms with Crippen molar-refractivity contribution in [1.29, 1.82) is 0 Å². The first kappa shape index (κ1) is 21.3. The van der Waals surface area contributed by atoms with Gasteiger partial charge in [-0.3, -0.25) is 4.79 Å². The Morgan fingerprint density at radius 3 is 2.29 bits per heavy atom. The molecule has 1 N–H and O–H groups in total. The molecule has 0 radical (unpaired) electrons. The molecule has 2 aromatic rings. The molecule has 0 aliphatic heterocycles. The lowest BCUT2D eigenvalue weighted by Gasteiger charge is -2.18. The van der Waals surface area contributed by atoms with Gasteiger partial charge >= 0.3 is 12.6 Å². The van der Waals surface area contributed by atoms with Gasteiger partial charge in [0.2, 0.25) is 0 Å². The zero-order valence-corrected chi connectivity index (χ0v) is 15.9. The van der Waals surface area contributed by atoms with E-state index in [4.69, 9.17) is 4.74 Å². The van der Waals surface area contributed by atoms with Gasteiger partial charge in [0.25, 0.3) is 5.91 Å². The summed E-state index contributed by atoms with van der Waals surface area (Å²) in [6, 6.07) is 12.5. The van der Waals surface area contributed by atoms with Gasteiger partial charge in [0.1, 0.15) is 5.75 Å². The lowest BCUT2D eigenvalue weighted by molar-refractivity contribution is -0.123. The summed E-state index contributed by atoms with van der Waals surface area (Å²) in [5.74, 6) is -0.995. The van der Waals surface area contributed by atoms with Gasteiger partial charge in [0.15, 0.2) is 6.10 Å². The molecule has 0 bridgehead atoms. The number of hydrogen-bond acceptors (Lipinski definition) is 4. The standard InChI is InChI=1S/C21H23F2NO4/c1-4-13(2)17-7-5-6-8-18(17)24-19(25)14(3)27-20(26)15-9-11-16(12-10-15)28-21(22)23/h5-14,21H,4H2,1-3H3,(H,24,25)/t13-,14+/m1/s1. The predicted molar refractivity (Wildman–Crippen MR) is 102 cm³/mol. The van der Waals surface area contributed by atoms with Gasteiger partial charge in [0.05, 0.1) is 5.56 Å². The van der Waals surface area contributed by atoms with E-state index in [1.54, 1.807) is 6.07 Å². The molecule has 0 heterocycles. The number of carbonyl (C=O) groups excluding carboxylic acids is 2. The molecule has 1 amide bonds. The van der Waals surface area contributed by atoms with Gasteiger partial charge < -0.3 is 14.8 Å². The minimum absolute atomic E-state index is 0.0704. The molecule has 0 aromatic heterocycles. The second-order valence-corrected chi connectivity index (χ2v) is 6.34. The van der Waals surface area contributed by atoms with E-state index >= 15 is 0 Å². The number of carbonyl (C=O) groups is 2. The van der Waals surface area contributed by atoms with Crippen molar-refractivity contribution in [3.05, 3.63) is 59.7 Å². The van der Waals surface area contributed by atoms with Crippen LogP contribution in [-0.4, -0.2) is 24.6 Å². The Labute approximate surface area is 162 Å². The van der Waals surface area contributed by atoms with E-state index < -0.39 is 24.6 Å². The van der Waals surface area contributed by atoms with Crippen molar-refractivity contribution in [1.82, 2.24) is 0 Å². The molecule has 0 fully saturated rings. The highest BCUT2D eigenvalue weighted by Gasteiger charge is 2.20. The number of hydrogen-bond donors (Lipinski definition) is 1. The highest BCUT2D eigenvalue weighted by Crippen LogP contribution is 2.26. The Kier molecular flexibility index (Phi) is 7.49. The highest BCUT2D eigenvalue weighted by molar-refractivity contribution is 5.97. The summed E-state index contributed by atoms with van der Waals surface area (Å²) < 4.78 is 33.7. The third-order valence-electron chi connectivity index (χ3n) is 4.33. The number of anilines is 1. The van der Waals surface area contributed by atoms with Crippen molar-refractivity contribution in [3.63, 3.8) is 0 Å². The lowest BCUT2D eigenvalue weighted by atomic mass is 9.97. The number of benzene rings is 2. The van der Waals surface area contributed by atoms with E-state index in [0.717, 1.165) is 12.0 Å². The summed E-state index contributed by atoms with van der Waals surface area (Å²) in [6.07, 6.45) is -0.114. The maximum atomic E-state index is 12.4. The van der Waals surface area contributed by atoms with Gasteiger partial charge in [-0.25, -0.2) is 4.79 Å². The minimum Gasteiger partial charge on any atom is -0.449 e. The van der Waals surface area contributed by atoms with E-state index in [-0.39, 0.29) is 17.2 Å². The molecule has 0 aliphatic rings. The molecule has 150 valence electrons. The largest absolute Gasteiger partial charge is 0.449 e. The number of alkyl halides is 2. The van der Waals surface area contributed by atoms with Crippen LogP contribution in [0.4, 0.5) is 14.5 Å². The van der Waals surface area contributed by atoms with Crippen LogP contribution in [0.15, 0.2) is 48.5 Å². The third-order valence-corrected chi connectivity index (χ3v) is 4.33. The van der Waals surface area contributed by atoms with Crippen molar-refractivity contribution < 1.29 is 27.8 Å². The van der Waals surface area contributed by atoms with Gasteiger partial charge in [0, 0.05) is 5.69 Å². The number of para-hydroxylation sites is 1. The predicted octanol–water partition coefficient (Wildman–Crippen LogP) is 4.99. The van der Waals surface area contributed by atoms with Crippen molar-refractivity contribution in [3.8, 4) is 5.75 Å². The molecule has 7 heteroatoms. The normalized spacial score (nSPS) is 12.9. The van der Waals surface area contributed by atoms with Crippen LogP contribution in [0.1, 0.15) is 49.0 Å². The topological polar surface area (TPSA) is 64.6 Å². The maximum Gasteiger partial charge on any atom is 0.387 e. The Morgan fingerprint density at radius 2 is 1.68 bits per heavy atom. The summed E-state index contributed by atoms with van der Waals surface area (Å²) in [5, 5.41) is 2.79. The molecule has 0 saturated heterocycles. The van der Waals surface area contributed by atoms with E-state index in [2.05, 4.69) is 23.9 Å². The molecular formula is C21H23F2NO4. The SMILES string of the molecule is CC[C@@H](C)c1ccccc1NC(=O)[C@H](C)OC(=O)c1ccc(OC(F)F)cc1. The van der Waals surface area contributed by atoms with E-state index in [1.807, 2.05) is 18.2 Å². The van der Waals surface area contributed by atoms with E-state index in [1.165, 1.54) is 31.2 Å². The van der Waals surface area contributed by atoms with E-state index in [0.29, 0.717) is 5.69 Å². The van der Waals surface area contributed by atoms with Crippen LogP contribution in [0.2, 0.25) is 0 Å². The average Bonchev–Trinajstić information content (AvgIpc) is 2.67. The Bertz CT molecular complexity index is 808. The van der Waals surface area contributed by atoms with Crippen molar-refractivity contribution in [2.45, 2.75) is 45.8 Å². The summed E-state index contributed by atoms with van der Waals surface area (Å²) in [5.41, 5.74) is 1.81. The van der Waals surface area contributed by atoms with Crippen molar-refractivity contribution in [2.75, 3.05) is 5.32 Å². The maximum absolute atomic E-state index is 12.4. The number of esters is 1. The van der Waals surface area contributed by atoms with Crippen LogP contribution in [0.3, 0.4) is 0 Å². The fourth-order valence-electron chi connectivity index (χ4n) is 2.55. The quantitative estimate of drug-likeness (QED) is 0.644. The number of halogens is 2. The molecule has 0 aliphatic carbocycles. The molecule has 2 rings (SSSR count).